The lowest BCUT2D eigenvalue weighted by Gasteiger charge is -2.12. The van der Waals surface area contributed by atoms with Gasteiger partial charge < -0.3 is 9.64 Å². The van der Waals surface area contributed by atoms with E-state index < -0.39 is 0 Å². The van der Waals surface area contributed by atoms with Crippen LogP contribution in [-0.4, -0.2) is 31.2 Å². The van der Waals surface area contributed by atoms with E-state index in [0.29, 0.717) is 6.54 Å². The SMILES string of the molecule is CC#CCOC(=O)N(C)CC. The molecule has 0 spiro atoms. The molecule has 0 rings (SSSR count). The predicted molar refractivity (Wildman–Crippen MR) is 43.1 cm³/mol. The van der Waals surface area contributed by atoms with Crippen molar-refractivity contribution in [3.05, 3.63) is 0 Å². The summed E-state index contributed by atoms with van der Waals surface area (Å²) in [4.78, 5) is 12.4. The first-order valence-corrected chi connectivity index (χ1v) is 3.49. The fraction of sp³-hybridized carbons (Fsp3) is 0.625. The molecule has 0 saturated heterocycles. The topological polar surface area (TPSA) is 29.5 Å². The molecule has 1 amide bonds. The lowest BCUT2D eigenvalue weighted by atomic mass is 10.6. The standard InChI is InChI=1S/C8H13NO2/c1-4-6-7-11-8(10)9(3)5-2/h5,7H2,1-3H3. The molecule has 0 aromatic rings. The molecule has 0 bridgehead atoms. The molecule has 3 nitrogen and oxygen atoms in total. The highest BCUT2D eigenvalue weighted by molar-refractivity contribution is 5.67. The molecule has 62 valence electrons. The third-order valence-corrected chi connectivity index (χ3v) is 1.23. The Morgan fingerprint density at radius 1 is 1.64 bits per heavy atom. The minimum absolute atomic E-state index is 0.180. The van der Waals surface area contributed by atoms with Crippen LogP contribution in [-0.2, 0) is 4.74 Å². The van der Waals surface area contributed by atoms with Gasteiger partial charge in [-0.3, -0.25) is 0 Å². The second-order valence-corrected chi connectivity index (χ2v) is 2.00. The van der Waals surface area contributed by atoms with Gasteiger partial charge in [-0.2, -0.15) is 0 Å². The molecule has 0 unspecified atom stereocenters. The molecule has 0 N–H and O–H groups in total. The van der Waals surface area contributed by atoms with Gasteiger partial charge in [0.15, 0.2) is 6.61 Å². The van der Waals surface area contributed by atoms with E-state index in [0.717, 1.165) is 0 Å². The Bertz CT molecular complexity index is 178. The van der Waals surface area contributed by atoms with Crippen LogP contribution >= 0.6 is 0 Å². The van der Waals surface area contributed by atoms with E-state index in [4.69, 9.17) is 4.74 Å². The summed E-state index contributed by atoms with van der Waals surface area (Å²) in [5.74, 6) is 5.27. The van der Waals surface area contributed by atoms with Gasteiger partial charge in [-0.05, 0) is 13.8 Å². The number of amides is 1. The van der Waals surface area contributed by atoms with Crippen molar-refractivity contribution in [2.75, 3.05) is 20.2 Å². The Labute approximate surface area is 67.3 Å². The average Bonchev–Trinajstić information content (AvgIpc) is 2.03. The van der Waals surface area contributed by atoms with Crippen LogP contribution in [0.15, 0.2) is 0 Å². The van der Waals surface area contributed by atoms with Gasteiger partial charge in [-0.15, -0.1) is 5.92 Å². The Kier molecular flexibility index (Phi) is 5.01. The highest BCUT2D eigenvalue weighted by Gasteiger charge is 2.04. The number of ether oxygens (including phenoxy) is 1. The molecule has 0 radical (unpaired) electrons. The maximum absolute atomic E-state index is 10.9. The summed E-state index contributed by atoms with van der Waals surface area (Å²) in [6, 6.07) is 0. The van der Waals surface area contributed by atoms with Gasteiger partial charge in [0.1, 0.15) is 0 Å². The number of rotatable bonds is 2. The summed E-state index contributed by atoms with van der Waals surface area (Å²) in [5, 5.41) is 0. The van der Waals surface area contributed by atoms with Gasteiger partial charge in [0, 0.05) is 13.6 Å². The first-order chi connectivity index (χ1) is 5.22. The lowest BCUT2D eigenvalue weighted by molar-refractivity contribution is 0.125. The summed E-state index contributed by atoms with van der Waals surface area (Å²) in [6.45, 7) is 4.42. The van der Waals surface area contributed by atoms with E-state index in [1.54, 1.807) is 14.0 Å². The molecule has 11 heavy (non-hydrogen) atoms. The maximum Gasteiger partial charge on any atom is 0.410 e. The number of carbonyl (C=O) groups is 1. The van der Waals surface area contributed by atoms with Gasteiger partial charge >= 0.3 is 6.09 Å². The van der Waals surface area contributed by atoms with E-state index in [9.17, 15) is 4.79 Å². The highest BCUT2D eigenvalue weighted by Crippen LogP contribution is 1.87. The van der Waals surface area contributed by atoms with Gasteiger partial charge in [-0.1, -0.05) is 5.92 Å². The fourth-order valence-electron chi connectivity index (χ4n) is 0.409. The van der Waals surface area contributed by atoms with Crippen LogP contribution in [0, 0.1) is 11.8 Å². The molecule has 3 heteroatoms. The fourth-order valence-corrected chi connectivity index (χ4v) is 0.409. The third-order valence-electron chi connectivity index (χ3n) is 1.23. The van der Waals surface area contributed by atoms with Crippen LogP contribution < -0.4 is 0 Å². The quantitative estimate of drug-likeness (QED) is 0.559. The predicted octanol–water partition coefficient (Wildman–Crippen LogP) is 1.10. The summed E-state index contributed by atoms with van der Waals surface area (Å²) < 4.78 is 4.75. The summed E-state index contributed by atoms with van der Waals surface area (Å²) in [5.41, 5.74) is 0. The molecule has 0 aliphatic rings. The van der Waals surface area contributed by atoms with E-state index in [1.165, 1.54) is 4.90 Å². The lowest BCUT2D eigenvalue weighted by Crippen LogP contribution is -2.27. The van der Waals surface area contributed by atoms with Crippen LogP contribution in [0.5, 0.6) is 0 Å². The molecule has 0 aromatic heterocycles. The van der Waals surface area contributed by atoms with Crippen molar-refractivity contribution < 1.29 is 9.53 Å². The second kappa shape index (κ2) is 5.60. The number of hydrogen-bond donors (Lipinski definition) is 0. The van der Waals surface area contributed by atoms with Crippen LogP contribution in [0.2, 0.25) is 0 Å². The highest BCUT2D eigenvalue weighted by atomic mass is 16.6. The summed E-state index contributed by atoms with van der Waals surface area (Å²) >= 11 is 0. The van der Waals surface area contributed by atoms with Crippen molar-refractivity contribution in [1.29, 1.82) is 0 Å². The van der Waals surface area contributed by atoms with Crippen LogP contribution in [0.3, 0.4) is 0 Å². The molecule has 0 aliphatic heterocycles. The van der Waals surface area contributed by atoms with Gasteiger partial charge in [-0.25, -0.2) is 4.79 Å². The van der Waals surface area contributed by atoms with E-state index in [-0.39, 0.29) is 12.7 Å². The van der Waals surface area contributed by atoms with Gasteiger partial charge in [0.25, 0.3) is 0 Å². The van der Waals surface area contributed by atoms with Crippen molar-refractivity contribution in [2.45, 2.75) is 13.8 Å². The van der Waals surface area contributed by atoms with E-state index >= 15 is 0 Å². The number of hydrogen-bond acceptors (Lipinski definition) is 2. The zero-order valence-electron chi connectivity index (χ0n) is 7.18. The Balaban J connectivity index is 3.57. The van der Waals surface area contributed by atoms with Crippen LogP contribution in [0.1, 0.15) is 13.8 Å². The average molecular weight is 155 g/mol. The third kappa shape index (κ3) is 4.26. The van der Waals surface area contributed by atoms with Gasteiger partial charge in [0.2, 0.25) is 0 Å². The van der Waals surface area contributed by atoms with E-state index in [1.807, 2.05) is 6.92 Å². The second-order valence-electron chi connectivity index (χ2n) is 2.00. The summed E-state index contributed by atoms with van der Waals surface area (Å²) in [7, 11) is 1.68. The number of carbonyl (C=O) groups excluding carboxylic acids is 1. The molecule has 0 heterocycles. The molecule has 0 saturated carbocycles. The molecule has 0 atom stereocenters. The zero-order valence-corrected chi connectivity index (χ0v) is 7.18. The summed E-state index contributed by atoms with van der Waals surface area (Å²) in [6.07, 6.45) is -0.324. The Hall–Kier alpha value is -1.17. The molecule has 0 aliphatic carbocycles. The molecule has 0 fully saturated rings. The maximum atomic E-state index is 10.9. The minimum Gasteiger partial charge on any atom is -0.436 e. The van der Waals surface area contributed by atoms with Gasteiger partial charge in [0.05, 0.1) is 0 Å². The molecular weight excluding hydrogens is 142 g/mol. The zero-order chi connectivity index (χ0) is 8.69. The monoisotopic (exact) mass is 155 g/mol. The largest absolute Gasteiger partial charge is 0.436 e. The van der Waals surface area contributed by atoms with Crippen molar-refractivity contribution >= 4 is 6.09 Å². The smallest absolute Gasteiger partial charge is 0.410 e. The van der Waals surface area contributed by atoms with Crippen molar-refractivity contribution in [3.8, 4) is 11.8 Å². The van der Waals surface area contributed by atoms with Crippen molar-refractivity contribution in [1.82, 2.24) is 4.90 Å². The normalized spacial score (nSPS) is 7.91. The number of nitrogens with zero attached hydrogens (tertiary/aromatic N) is 1. The van der Waals surface area contributed by atoms with Crippen LogP contribution in [0.25, 0.3) is 0 Å². The van der Waals surface area contributed by atoms with Crippen LogP contribution in [0.4, 0.5) is 4.79 Å². The first kappa shape index (κ1) is 9.83. The Morgan fingerprint density at radius 2 is 2.27 bits per heavy atom. The first-order valence-electron chi connectivity index (χ1n) is 3.49. The molecule has 0 aromatic carbocycles. The minimum atomic E-state index is -0.324. The van der Waals surface area contributed by atoms with Crippen molar-refractivity contribution in [3.63, 3.8) is 0 Å². The van der Waals surface area contributed by atoms with E-state index in [2.05, 4.69) is 11.8 Å². The Morgan fingerprint density at radius 3 is 2.73 bits per heavy atom. The van der Waals surface area contributed by atoms with Crippen molar-refractivity contribution in [2.24, 2.45) is 0 Å². The molecular formula is C8H13NO2.